The topological polar surface area (TPSA) is 38.0 Å². The molecular weight excluding hydrogens is 862 g/mol. The van der Waals surface area contributed by atoms with Gasteiger partial charge in [-0.25, -0.2) is 4.85 Å². The van der Waals surface area contributed by atoms with Crippen molar-refractivity contribution in [2.75, 3.05) is 0 Å². The van der Waals surface area contributed by atoms with Gasteiger partial charge in [-0.1, -0.05) is 103 Å². The Kier molecular flexibility index (Phi) is 8.20. The van der Waals surface area contributed by atoms with Gasteiger partial charge >= 0.3 is 6.18 Å². The molecule has 0 saturated carbocycles. The first-order valence-electron chi connectivity index (χ1n) is 21.2. The maximum atomic E-state index is 14.2. The van der Waals surface area contributed by atoms with E-state index in [2.05, 4.69) is 129 Å². The first-order valence-corrected chi connectivity index (χ1v) is 22.9. The molecular formula is C57H29F3N4S2. The molecule has 13 aromatic rings. The van der Waals surface area contributed by atoms with Crippen LogP contribution in [0.25, 0.3) is 122 Å². The number of aromatic nitrogens is 2. The molecule has 9 heteroatoms. The van der Waals surface area contributed by atoms with Crippen LogP contribution in [0.15, 0.2) is 176 Å². The Balaban J connectivity index is 1.14. The lowest BCUT2D eigenvalue weighted by Gasteiger charge is -2.20. The van der Waals surface area contributed by atoms with Gasteiger partial charge in [0.25, 0.3) is 0 Å². The molecule has 0 radical (unpaired) electrons. The zero-order valence-electron chi connectivity index (χ0n) is 34.5. The number of para-hydroxylation sites is 2. The summed E-state index contributed by atoms with van der Waals surface area (Å²) in [5, 5.41) is 19.7. The molecule has 66 heavy (non-hydrogen) atoms. The number of alkyl halides is 3. The molecule has 0 amide bonds. The first-order chi connectivity index (χ1) is 32.3. The van der Waals surface area contributed by atoms with Crippen molar-refractivity contribution in [1.29, 1.82) is 5.26 Å². The molecule has 0 unspecified atom stereocenters. The third-order valence-corrected chi connectivity index (χ3v) is 15.4. The summed E-state index contributed by atoms with van der Waals surface area (Å²) in [4.78, 5) is 3.68. The van der Waals surface area contributed by atoms with Gasteiger partial charge in [0.2, 0.25) is 0 Å². The van der Waals surface area contributed by atoms with E-state index in [-0.39, 0.29) is 5.69 Å². The summed E-state index contributed by atoms with van der Waals surface area (Å²) in [5.74, 6) is 0. The van der Waals surface area contributed by atoms with Crippen LogP contribution in [0, 0.1) is 17.9 Å². The molecule has 0 fully saturated rings. The zero-order valence-corrected chi connectivity index (χ0v) is 36.1. The van der Waals surface area contributed by atoms with Crippen molar-refractivity contribution in [2.45, 2.75) is 6.18 Å². The average molecular weight is 891 g/mol. The molecule has 9 aromatic carbocycles. The molecule has 0 atom stereocenters. The van der Waals surface area contributed by atoms with E-state index < -0.39 is 11.7 Å². The second kappa shape index (κ2) is 14.1. The summed E-state index contributed by atoms with van der Waals surface area (Å²) in [5.41, 5.74) is 7.22. The number of nitrogens with zero attached hydrogens (tertiary/aromatic N) is 4. The third kappa shape index (κ3) is 5.48. The summed E-state index contributed by atoms with van der Waals surface area (Å²) < 4.78 is 51.8. The van der Waals surface area contributed by atoms with Crippen LogP contribution >= 0.6 is 22.7 Å². The Morgan fingerprint density at radius 1 is 0.485 bits per heavy atom. The van der Waals surface area contributed by atoms with Gasteiger partial charge in [0.15, 0.2) is 5.69 Å². The van der Waals surface area contributed by atoms with E-state index in [4.69, 9.17) is 6.57 Å². The molecule has 4 nitrogen and oxygen atoms in total. The summed E-state index contributed by atoms with van der Waals surface area (Å²) in [6, 6.07) is 59.6. The van der Waals surface area contributed by atoms with Gasteiger partial charge in [-0.15, -0.1) is 22.7 Å². The Bertz CT molecular complexity index is 4320. The van der Waals surface area contributed by atoms with Gasteiger partial charge in [-0.3, -0.25) is 0 Å². The quantitative estimate of drug-likeness (QED) is 0.162. The maximum Gasteiger partial charge on any atom is 0.415 e. The van der Waals surface area contributed by atoms with E-state index in [9.17, 15) is 18.4 Å². The second-order valence-electron chi connectivity index (χ2n) is 16.5. The van der Waals surface area contributed by atoms with E-state index in [1.807, 2.05) is 48.5 Å². The first kappa shape index (κ1) is 38.3. The van der Waals surface area contributed by atoms with Crippen LogP contribution in [-0.2, 0) is 6.18 Å². The second-order valence-corrected chi connectivity index (χ2v) is 18.6. The molecule has 0 aliphatic rings. The molecule has 0 aliphatic carbocycles. The third-order valence-electron chi connectivity index (χ3n) is 13.0. The highest BCUT2D eigenvalue weighted by Crippen LogP contribution is 2.49. The highest BCUT2D eigenvalue weighted by Gasteiger charge is 2.32. The Hall–Kier alpha value is -8.21. The lowest BCUT2D eigenvalue weighted by molar-refractivity contribution is -0.137. The summed E-state index contributed by atoms with van der Waals surface area (Å²) in [6.07, 6.45) is -4.63. The molecule has 4 aromatic heterocycles. The number of hydrogen-bond donors (Lipinski definition) is 0. The molecule has 0 spiro atoms. The van der Waals surface area contributed by atoms with Crippen molar-refractivity contribution in [3.63, 3.8) is 0 Å². The SMILES string of the molecule is [C-]#[N+]c1cc(C(F)(F)F)ccc1-c1ccc(-n2c3ccccc3c3c4sc5ccccc5c4ccc32)cc1-c1cc(C#N)ccc1-n1c2ccccc2c2c3sc4ccccc4c3ccc21. The van der Waals surface area contributed by atoms with Gasteiger partial charge in [-0.2, -0.15) is 18.4 Å². The van der Waals surface area contributed by atoms with E-state index in [1.54, 1.807) is 22.7 Å². The largest absolute Gasteiger partial charge is 0.415 e. The predicted octanol–water partition coefficient (Wildman–Crippen LogP) is 17.4. The van der Waals surface area contributed by atoms with Crippen LogP contribution in [-0.4, -0.2) is 9.13 Å². The van der Waals surface area contributed by atoms with Gasteiger partial charge in [0.05, 0.1) is 46.0 Å². The number of fused-ring (bicyclic) bond motifs is 14. The van der Waals surface area contributed by atoms with Gasteiger partial charge in [-0.05, 0) is 89.5 Å². The van der Waals surface area contributed by atoms with E-state index in [0.29, 0.717) is 27.8 Å². The molecule has 0 saturated heterocycles. The highest BCUT2D eigenvalue weighted by atomic mass is 32.1. The Morgan fingerprint density at radius 2 is 1.05 bits per heavy atom. The van der Waals surface area contributed by atoms with E-state index in [1.165, 1.54) is 46.4 Å². The monoisotopic (exact) mass is 890 g/mol. The van der Waals surface area contributed by atoms with Crippen molar-refractivity contribution in [2.24, 2.45) is 0 Å². The number of rotatable bonds is 4. The predicted molar refractivity (Wildman–Crippen MR) is 268 cm³/mol. The standard InChI is InChI=1S/C57H29F3N4S2/c1-62-45-29-33(57(58,59)60)19-21-36(45)35-22-20-34(63-46-14-6-2-12-41(46)53-49(63)26-23-39-37-10-4-8-16-51(37)65-55(39)53)30-43(35)44-28-32(31-61)18-25-48(44)64-47-15-7-3-13-42(47)54-50(64)27-24-40-38-11-5-9-17-52(38)66-56(40)54/h2-30H. The van der Waals surface area contributed by atoms with Crippen LogP contribution < -0.4 is 0 Å². The zero-order chi connectivity index (χ0) is 44.4. The van der Waals surface area contributed by atoms with Crippen molar-refractivity contribution in [1.82, 2.24) is 9.13 Å². The summed E-state index contributed by atoms with van der Waals surface area (Å²) in [6.45, 7) is 8.17. The van der Waals surface area contributed by atoms with E-state index >= 15 is 0 Å². The Morgan fingerprint density at radius 3 is 1.65 bits per heavy atom. The lowest BCUT2D eigenvalue weighted by atomic mass is 9.90. The minimum atomic E-state index is -4.63. The molecule has 0 bridgehead atoms. The molecule has 310 valence electrons. The van der Waals surface area contributed by atoms with Crippen molar-refractivity contribution >= 4 is 112 Å². The maximum absolute atomic E-state index is 14.2. The smallest absolute Gasteiger partial charge is 0.309 e. The molecule has 13 rings (SSSR count). The summed E-state index contributed by atoms with van der Waals surface area (Å²) >= 11 is 3.54. The lowest BCUT2D eigenvalue weighted by Crippen LogP contribution is -2.04. The number of thiophene rings is 2. The number of nitriles is 1. The molecule has 4 heterocycles. The average Bonchev–Trinajstić information content (AvgIpc) is 4.11. The number of benzene rings is 9. The van der Waals surface area contributed by atoms with Crippen molar-refractivity contribution in [3.05, 3.63) is 198 Å². The van der Waals surface area contributed by atoms with Crippen molar-refractivity contribution < 1.29 is 13.2 Å². The minimum Gasteiger partial charge on any atom is -0.309 e. The van der Waals surface area contributed by atoms with E-state index in [0.717, 1.165) is 67.1 Å². The number of halogens is 3. The highest BCUT2D eigenvalue weighted by molar-refractivity contribution is 7.27. The van der Waals surface area contributed by atoms with Crippen molar-refractivity contribution in [3.8, 4) is 39.7 Å². The van der Waals surface area contributed by atoms with Crippen LogP contribution in [0.3, 0.4) is 0 Å². The van der Waals surface area contributed by atoms with Crippen LogP contribution in [0.5, 0.6) is 0 Å². The minimum absolute atomic E-state index is 0.121. The van der Waals surface area contributed by atoms with Crippen LogP contribution in [0.1, 0.15) is 11.1 Å². The fraction of sp³-hybridized carbons (Fsp3) is 0.0175. The summed E-state index contributed by atoms with van der Waals surface area (Å²) in [7, 11) is 0. The molecule has 0 N–H and O–H groups in total. The van der Waals surface area contributed by atoms with Gasteiger partial charge < -0.3 is 9.13 Å². The normalized spacial score (nSPS) is 12.1. The fourth-order valence-corrected chi connectivity index (χ4v) is 12.7. The van der Waals surface area contributed by atoms with Gasteiger partial charge in [0, 0.05) is 78.7 Å². The fourth-order valence-electron chi connectivity index (χ4n) is 10.2. The number of hydrogen-bond acceptors (Lipinski definition) is 3. The Labute approximate surface area is 382 Å². The van der Waals surface area contributed by atoms with Crippen LogP contribution in [0.4, 0.5) is 18.9 Å². The van der Waals surface area contributed by atoms with Gasteiger partial charge in [0.1, 0.15) is 0 Å². The van der Waals surface area contributed by atoms with Crippen LogP contribution in [0.2, 0.25) is 0 Å². The molecule has 0 aliphatic heterocycles.